The molecule has 1 amide bonds. The summed E-state index contributed by atoms with van der Waals surface area (Å²) in [6.07, 6.45) is 2.16. The Morgan fingerprint density at radius 1 is 1.67 bits per heavy atom. The lowest BCUT2D eigenvalue weighted by atomic mass is 10.1. The molecule has 1 atom stereocenters. The van der Waals surface area contributed by atoms with E-state index in [9.17, 15) is 4.79 Å². The van der Waals surface area contributed by atoms with Gasteiger partial charge in [-0.2, -0.15) is 0 Å². The molecule has 0 aromatic carbocycles. The van der Waals surface area contributed by atoms with Gasteiger partial charge in [-0.15, -0.1) is 23.7 Å². The van der Waals surface area contributed by atoms with Crippen LogP contribution in [-0.4, -0.2) is 32.1 Å². The summed E-state index contributed by atoms with van der Waals surface area (Å²) in [6, 6.07) is 2.00. The van der Waals surface area contributed by atoms with Crippen LogP contribution in [0.4, 0.5) is 0 Å². The second-order valence-electron chi connectivity index (χ2n) is 3.97. The van der Waals surface area contributed by atoms with E-state index in [0.29, 0.717) is 10.6 Å². The van der Waals surface area contributed by atoms with Crippen molar-refractivity contribution in [2.45, 2.75) is 18.9 Å². The van der Waals surface area contributed by atoms with Gasteiger partial charge in [-0.25, -0.2) is 0 Å². The number of amides is 1. The van der Waals surface area contributed by atoms with E-state index in [1.54, 1.807) is 13.2 Å². The van der Waals surface area contributed by atoms with Crippen LogP contribution in [0.3, 0.4) is 0 Å². The van der Waals surface area contributed by atoms with Crippen molar-refractivity contribution in [3.8, 4) is 5.75 Å². The maximum atomic E-state index is 12.0. The van der Waals surface area contributed by atoms with Crippen LogP contribution in [0.15, 0.2) is 9.85 Å². The maximum absolute atomic E-state index is 12.0. The molecule has 18 heavy (non-hydrogen) atoms. The zero-order valence-corrected chi connectivity index (χ0v) is 13.2. The van der Waals surface area contributed by atoms with Crippen molar-refractivity contribution < 1.29 is 9.53 Å². The fourth-order valence-corrected chi connectivity index (χ4v) is 3.39. The van der Waals surface area contributed by atoms with E-state index in [0.717, 1.165) is 29.7 Å². The van der Waals surface area contributed by atoms with Crippen LogP contribution in [0.2, 0.25) is 0 Å². The van der Waals surface area contributed by atoms with Gasteiger partial charge in [0.2, 0.25) is 0 Å². The summed E-state index contributed by atoms with van der Waals surface area (Å²) in [5, 5.41) is 6.31. The Morgan fingerprint density at radius 2 is 2.44 bits per heavy atom. The normalized spacial score (nSPS) is 18.9. The van der Waals surface area contributed by atoms with Gasteiger partial charge in [-0.05, 0) is 35.3 Å². The quantitative estimate of drug-likeness (QED) is 0.875. The van der Waals surface area contributed by atoms with Crippen LogP contribution in [-0.2, 0) is 0 Å². The third-order valence-corrected chi connectivity index (χ3v) is 4.51. The number of hydrogen-bond acceptors (Lipinski definition) is 4. The minimum absolute atomic E-state index is 0. The fraction of sp³-hybridized carbons (Fsp3) is 0.545. The SMILES string of the molecule is COc1cc(C(=O)NC2CCCNC2)sc1Br.Cl. The number of hydrogen-bond donors (Lipinski definition) is 2. The van der Waals surface area contributed by atoms with Gasteiger partial charge in [0, 0.05) is 18.7 Å². The molecule has 0 aliphatic carbocycles. The molecule has 4 nitrogen and oxygen atoms in total. The van der Waals surface area contributed by atoms with Crippen LogP contribution in [0, 0.1) is 0 Å². The molecule has 1 aromatic rings. The van der Waals surface area contributed by atoms with Gasteiger partial charge < -0.3 is 15.4 Å². The fourth-order valence-electron chi connectivity index (χ4n) is 1.83. The summed E-state index contributed by atoms with van der Waals surface area (Å²) in [5.74, 6) is 0.689. The third kappa shape index (κ3) is 3.85. The lowest BCUT2D eigenvalue weighted by Gasteiger charge is -2.23. The lowest BCUT2D eigenvalue weighted by molar-refractivity contribution is 0.0934. The average molecular weight is 356 g/mol. The summed E-state index contributed by atoms with van der Waals surface area (Å²) in [4.78, 5) is 12.7. The molecular weight excluding hydrogens is 340 g/mol. The van der Waals surface area contributed by atoms with E-state index in [1.807, 2.05) is 0 Å². The Hall–Kier alpha value is -0.300. The third-order valence-electron chi connectivity index (χ3n) is 2.73. The highest BCUT2D eigenvalue weighted by molar-refractivity contribution is 9.11. The highest BCUT2D eigenvalue weighted by Gasteiger charge is 2.19. The second kappa shape index (κ2) is 7.33. The van der Waals surface area contributed by atoms with Crippen molar-refractivity contribution in [1.82, 2.24) is 10.6 Å². The molecule has 1 aliphatic rings. The molecule has 102 valence electrons. The number of piperidine rings is 1. The first-order valence-corrected chi connectivity index (χ1v) is 7.16. The lowest BCUT2D eigenvalue weighted by Crippen LogP contribution is -2.45. The predicted octanol–water partition coefficient (Wildman–Crippen LogP) is 2.42. The minimum atomic E-state index is -0.0206. The molecular formula is C11H16BrClN2O2S. The van der Waals surface area contributed by atoms with Crippen molar-refractivity contribution in [3.05, 3.63) is 14.7 Å². The number of thiophene rings is 1. The van der Waals surface area contributed by atoms with Gasteiger partial charge >= 0.3 is 0 Å². The number of nitrogens with one attached hydrogen (secondary N) is 2. The van der Waals surface area contributed by atoms with Gasteiger partial charge in [-0.3, -0.25) is 4.79 Å². The van der Waals surface area contributed by atoms with Crippen molar-refractivity contribution in [2.75, 3.05) is 20.2 Å². The number of halogens is 2. The number of ether oxygens (including phenoxy) is 1. The number of rotatable bonds is 3. The summed E-state index contributed by atoms with van der Waals surface area (Å²) in [7, 11) is 1.60. The van der Waals surface area contributed by atoms with E-state index in [2.05, 4.69) is 26.6 Å². The topological polar surface area (TPSA) is 50.4 Å². The maximum Gasteiger partial charge on any atom is 0.261 e. The first-order valence-electron chi connectivity index (χ1n) is 5.55. The van der Waals surface area contributed by atoms with Gasteiger partial charge in [0.1, 0.15) is 9.54 Å². The molecule has 1 unspecified atom stereocenters. The molecule has 1 aromatic heterocycles. The predicted molar refractivity (Wildman–Crippen MR) is 79.2 cm³/mol. The largest absolute Gasteiger partial charge is 0.495 e. The molecule has 2 rings (SSSR count). The smallest absolute Gasteiger partial charge is 0.261 e. The minimum Gasteiger partial charge on any atom is -0.495 e. The van der Waals surface area contributed by atoms with Crippen molar-refractivity contribution in [3.63, 3.8) is 0 Å². The van der Waals surface area contributed by atoms with Crippen LogP contribution < -0.4 is 15.4 Å². The molecule has 1 fully saturated rings. The molecule has 0 spiro atoms. The van der Waals surface area contributed by atoms with Crippen LogP contribution in [0.25, 0.3) is 0 Å². The van der Waals surface area contributed by atoms with E-state index >= 15 is 0 Å². The van der Waals surface area contributed by atoms with Crippen LogP contribution in [0.1, 0.15) is 22.5 Å². The Balaban J connectivity index is 0.00000162. The van der Waals surface area contributed by atoms with Gasteiger partial charge in [0.25, 0.3) is 5.91 Å². The Labute approximate surface area is 125 Å². The average Bonchev–Trinajstić information content (AvgIpc) is 2.72. The van der Waals surface area contributed by atoms with Crippen LogP contribution >= 0.6 is 39.7 Å². The van der Waals surface area contributed by atoms with Gasteiger partial charge in [0.05, 0.1) is 12.0 Å². The summed E-state index contributed by atoms with van der Waals surface area (Å²) in [5.41, 5.74) is 0. The van der Waals surface area contributed by atoms with E-state index in [-0.39, 0.29) is 24.4 Å². The van der Waals surface area contributed by atoms with E-state index < -0.39 is 0 Å². The van der Waals surface area contributed by atoms with E-state index in [4.69, 9.17) is 4.74 Å². The number of methoxy groups -OCH3 is 1. The zero-order valence-electron chi connectivity index (χ0n) is 9.99. The zero-order chi connectivity index (χ0) is 12.3. The van der Waals surface area contributed by atoms with Gasteiger partial charge in [-0.1, -0.05) is 0 Å². The highest BCUT2D eigenvalue weighted by atomic mass is 79.9. The molecule has 2 heterocycles. The molecule has 0 saturated carbocycles. The number of carbonyl (C=O) groups excluding carboxylic acids is 1. The van der Waals surface area contributed by atoms with Crippen LogP contribution in [0.5, 0.6) is 5.75 Å². The van der Waals surface area contributed by atoms with Gasteiger partial charge in [0.15, 0.2) is 0 Å². The molecule has 0 bridgehead atoms. The molecule has 1 aliphatic heterocycles. The number of carbonyl (C=O) groups is 1. The highest BCUT2D eigenvalue weighted by Crippen LogP contribution is 2.34. The Kier molecular flexibility index (Phi) is 6.42. The molecule has 2 N–H and O–H groups in total. The van der Waals surface area contributed by atoms with Crippen molar-refractivity contribution in [1.29, 1.82) is 0 Å². The first kappa shape index (κ1) is 15.8. The Bertz CT molecular complexity index is 408. The Morgan fingerprint density at radius 3 is 3.00 bits per heavy atom. The standard InChI is InChI=1S/C11H15BrN2O2S.ClH/c1-16-8-5-9(17-10(8)12)11(15)14-7-3-2-4-13-6-7;/h5,7,13H,2-4,6H2,1H3,(H,14,15);1H. The molecule has 1 saturated heterocycles. The summed E-state index contributed by atoms with van der Waals surface area (Å²) >= 11 is 4.77. The summed E-state index contributed by atoms with van der Waals surface area (Å²) in [6.45, 7) is 1.90. The first-order chi connectivity index (χ1) is 8.20. The molecule has 0 radical (unpaired) electrons. The van der Waals surface area contributed by atoms with Crippen molar-refractivity contribution >= 4 is 45.6 Å². The van der Waals surface area contributed by atoms with Crippen molar-refractivity contribution in [2.24, 2.45) is 0 Å². The summed E-state index contributed by atoms with van der Waals surface area (Å²) < 4.78 is 5.99. The monoisotopic (exact) mass is 354 g/mol. The van der Waals surface area contributed by atoms with E-state index in [1.165, 1.54) is 11.3 Å². The molecule has 7 heteroatoms. The second-order valence-corrected chi connectivity index (χ2v) is 6.34.